The number of nitrogens with zero attached hydrogens (tertiary/aromatic N) is 2. The third-order valence-electron chi connectivity index (χ3n) is 4.84. The van der Waals surface area contributed by atoms with Crippen molar-refractivity contribution in [1.29, 1.82) is 0 Å². The molecule has 5 N–H and O–H groups in total. The first kappa shape index (κ1) is 20.3. The van der Waals surface area contributed by atoms with Crippen LogP contribution in [0.25, 0.3) is 11.0 Å². The summed E-state index contributed by atoms with van der Waals surface area (Å²) in [7, 11) is 0. The van der Waals surface area contributed by atoms with Gasteiger partial charge in [0.1, 0.15) is 11.3 Å². The van der Waals surface area contributed by atoms with Crippen molar-refractivity contribution in [3.05, 3.63) is 52.3 Å². The Bertz CT molecular complexity index is 1110. The van der Waals surface area contributed by atoms with Crippen molar-refractivity contribution in [3.8, 4) is 0 Å². The van der Waals surface area contributed by atoms with Crippen LogP contribution in [-0.2, 0) is 0 Å². The van der Waals surface area contributed by atoms with Gasteiger partial charge in [-0.05, 0) is 43.7 Å². The number of aromatic amines is 1. The molecule has 0 radical (unpaired) electrons. The minimum absolute atomic E-state index is 0.0363. The molecular weight excluding hydrogens is 421 g/mol. The van der Waals surface area contributed by atoms with Crippen molar-refractivity contribution >= 4 is 40.1 Å². The van der Waals surface area contributed by atoms with E-state index in [0.29, 0.717) is 5.69 Å². The van der Waals surface area contributed by atoms with Crippen LogP contribution in [0.2, 0.25) is 5.02 Å². The lowest BCUT2D eigenvalue weighted by Gasteiger charge is -2.23. The van der Waals surface area contributed by atoms with Crippen molar-refractivity contribution < 1.29 is 18.4 Å². The van der Waals surface area contributed by atoms with E-state index in [1.807, 2.05) is 0 Å². The summed E-state index contributed by atoms with van der Waals surface area (Å²) in [6, 6.07) is 4.72. The van der Waals surface area contributed by atoms with Crippen LogP contribution in [0.4, 0.5) is 24.8 Å². The summed E-state index contributed by atoms with van der Waals surface area (Å²) in [6.07, 6.45) is 1.89. The molecule has 1 aliphatic rings. The van der Waals surface area contributed by atoms with Gasteiger partial charge in [-0.2, -0.15) is 0 Å². The summed E-state index contributed by atoms with van der Waals surface area (Å²) in [5.74, 6) is -2.83. The quantitative estimate of drug-likeness (QED) is 0.183. The summed E-state index contributed by atoms with van der Waals surface area (Å²) < 4.78 is 42.0. The maximum absolute atomic E-state index is 14.4. The topological polar surface area (TPSA) is 97.4 Å². The van der Waals surface area contributed by atoms with Crippen molar-refractivity contribution in [3.63, 3.8) is 0 Å². The molecule has 0 spiro atoms. The maximum atomic E-state index is 14.4. The number of nitrogens with one attached hydrogen (secondary N) is 4. The Balaban J connectivity index is 1.71. The lowest BCUT2D eigenvalue weighted by molar-refractivity contribution is 0.319. The van der Waals surface area contributed by atoms with Crippen LogP contribution in [-0.4, -0.2) is 40.1 Å². The second kappa shape index (κ2) is 8.41. The number of amidine groups is 1. The first-order valence-electron chi connectivity index (χ1n) is 9.25. The van der Waals surface area contributed by atoms with Crippen LogP contribution in [0.3, 0.4) is 0 Å². The molecule has 1 atom stereocenters. The van der Waals surface area contributed by atoms with Crippen molar-refractivity contribution in [2.75, 3.05) is 23.7 Å². The van der Waals surface area contributed by atoms with E-state index >= 15 is 0 Å². The summed E-state index contributed by atoms with van der Waals surface area (Å²) in [5, 5.41) is 21.6. The van der Waals surface area contributed by atoms with Crippen molar-refractivity contribution in [2.24, 2.45) is 5.16 Å². The fourth-order valence-corrected chi connectivity index (χ4v) is 3.56. The van der Waals surface area contributed by atoms with E-state index in [2.05, 4.69) is 31.1 Å². The number of halogens is 4. The zero-order chi connectivity index (χ0) is 21.3. The van der Waals surface area contributed by atoms with Gasteiger partial charge >= 0.3 is 0 Å². The average Bonchev–Trinajstić information content (AvgIpc) is 3.16. The standard InChI is InChI=1S/C19H18ClF3N6O/c20-12-6-9(3-4-13(12)21)25-18(29-30)11-7-14(22)15(23)17-16(11)27-19(28-17)26-10-2-1-5-24-8-10/h3-4,6-7,10,24,30H,1-2,5,8H2,(H,25,29)(H2,26,27,28). The number of hydrogen-bond acceptors (Lipinski definition) is 5. The van der Waals surface area contributed by atoms with E-state index in [1.54, 1.807) is 0 Å². The lowest BCUT2D eigenvalue weighted by atomic mass is 10.1. The molecule has 0 saturated carbocycles. The molecule has 1 fully saturated rings. The van der Waals surface area contributed by atoms with Gasteiger partial charge in [0.15, 0.2) is 17.5 Å². The van der Waals surface area contributed by atoms with Crippen LogP contribution < -0.4 is 16.0 Å². The fourth-order valence-electron chi connectivity index (χ4n) is 3.38. The molecule has 1 unspecified atom stereocenters. The number of H-pyrrole nitrogens is 1. The smallest absolute Gasteiger partial charge is 0.201 e. The zero-order valence-electron chi connectivity index (χ0n) is 15.6. The average molecular weight is 439 g/mol. The fraction of sp³-hybridized carbons (Fsp3) is 0.263. The molecule has 0 bridgehead atoms. The molecule has 1 aliphatic heterocycles. The van der Waals surface area contributed by atoms with Gasteiger partial charge in [0.05, 0.1) is 10.5 Å². The summed E-state index contributed by atoms with van der Waals surface area (Å²) in [4.78, 5) is 7.06. The Morgan fingerprint density at radius 3 is 2.77 bits per heavy atom. The van der Waals surface area contributed by atoms with E-state index in [4.69, 9.17) is 11.6 Å². The molecule has 2 aromatic carbocycles. The van der Waals surface area contributed by atoms with Gasteiger partial charge in [-0.15, -0.1) is 0 Å². The molecule has 1 saturated heterocycles. The largest absolute Gasteiger partial charge is 0.409 e. The molecule has 30 heavy (non-hydrogen) atoms. The monoisotopic (exact) mass is 438 g/mol. The third kappa shape index (κ3) is 4.01. The van der Waals surface area contributed by atoms with Gasteiger partial charge in [0.25, 0.3) is 0 Å². The highest BCUT2D eigenvalue weighted by atomic mass is 35.5. The summed E-state index contributed by atoms with van der Waals surface area (Å²) >= 11 is 5.77. The number of aromatic nitrogens is 2. The van der Waals surface area contributed by atoms with Crippen LogP contribution in [0, 0.1) is 17.5 Å². The van der Waals surface area contributed by atoms with Gasteiger partial charge in [0, 0.05) is 23.8 Å². The van der Waals surface area contributed by atoms with Gasteiger partial charge in [-0.3, -0.25) is 0 Å². The highest BCUT2D eigenvalue weighted by Crippen LogP contribution is 2.27. The van der Waals surface area contributed by atoms with Crippen LogP contribution >= 0.6 is 11.6 Å². The molecule has 3 aromatic rings. The molecule has 1 aromatic heterocycles. The van der Waals surface area contributed by atoms with Crippen LogP contribution in [0.15, 0.2) is 29.4 Å². The first-order valence-corrected chi connectivity index (χ1v) is 9.63. The van der Waals surface area contributed by atoms with Gasteiger partial charge in [0.2, 0.25) is 5.95 Å². The zero-order valence-corrected chi connectivity index (χ0v) is 16.3. The highest BCUT2D eigenvalue weighted by molar-refractivity contribution is 6.31. The highest BCUT2D eigenvalue weighted by Gasteiger charge is 2.22. The maximum Gasteiger partial charge on any atom is 0.201 e. The summed E-state index contributed by atoms with van der Waals surface area (Å²) in [5.41, 5.74) is 0.220. The van der Waals surface area contributed by atoms with E-state index in [9.17, 15) is 18.4 Å². The van der Waals surface area contributed by atoms with Gasteiger partial charge < -0.3 is 26.1 Å². The van der Waals surface area contributed by atoms with E-state index in [-0.39, 0.29) is 39.4 Å². The molecule has 158 valence electrons. The predicted molar refractivity (Wildman–Crippen MR) is 109 cm³/mol. The number of imidazole rings is 1. The first-order chi connectivity index (χ1) is 14.5. The second-order valence-electron chi connectivity index (χ2n) is 6.92. The lowest BCUT2D eigenvalue weighted by Crippen LogP contribution is -2.38. The Morgan fingerprint density at radius 1 is 1.23 bits per heavy atom. The molecule has 11 heteroatoms. The Labute approximate surface area is 174 Å². The van der Waals surface area contributed by atoms with Crippen molar-refractivity contribution in [2.45, 2.75) is 18.9 Å². The summed E-state index contributed by atoms with van der Waals surface area (Å²) in [6.45, 7) is 1.65. The normalized spacial score (nSPS) is 17.3. The van der Waals surface area contributed by atoms with Gasteiger partial charge in [-0.1, -0.05) is 16.8 Å². The molecule has 7 nitrogen and oxygen atoms in total. The third-order valence-corrected chi connectivity index (χ3v) is 5.13. The minimum atomic E-state index is -1.16. The number of fused-ring (bicyclic) bond motifs is 1. The number of hydrogen-bond donors (Lipinski definition) is 5. The Kier molecular flexibility index (Phi) is 5.69. The molecule has 2 heterocycles. The number of piperidine rings is 1. The van der Waals surface area contributed by atoms with Crippen molar-refractivity contribution in [1.82, 2.24) is 15.3 Å². The minimum Gasteiger partial charge on any atom is -0.409 e. The number of rotatable bonds is 4. The second-order valence-corrected chi connectivity index (χ2v) is 7.33. The van der Waals surface area contributed by atoms with Gasteiger partial charge in [-0.25, -0.2) is 18.2 Å². The van der Waals surface area contributed by atoms with Crippen LogP contribution in [0.1, 0.15) is 18.4 Å². The number of anilines is 2. The van der Waals surface area contributed by atoms with E-state index < -0.39 is 17.5 Å². The molecule has 4 rings (SSSR count). The molecule has 0 aliphatic carbocycles. The Morgan fingerprint density at radius 2 is 2.07 bits per heavy atom. The molecular formula is C19H18ClF3N6O. The van der Waals surface area contributed by atoms with Crippen LogP contribution in [0.5, 0.6) is 0 Å². The van der Waals surface area contributed by atoms with E-state index in [0.717, 1.165) is 38.1 Å². The Hall–Kier alpha value is -2.98. The number of oxime groups is 1. The predicted octanol–water partition coefficient (Wildman–Crippen LogP) is 4.05. The molecule has 0 amide bonds. The van der Waals surface area contributed by atoms with E-state index in [1.165, 1.54) is 12.1 Å². The SMILES string of the molecule is ON=C(Nc1ccc(F)c(Cl)c1)c1cc(F)c(F)c2nc(NC3CCCNC3)[nH]c12. The number of benzene rings is 2.